The normalized spacial score (nSPS) is 14.3. The minimum Gasteiger partial charge on any atom is -0.372 e. The zero-order valence-corrected chi connectivity index (χ0v) is 14.0. The summed E-state index contributed by atoms with van der Waals surface area (Å²) in [6.45, 7) is 2.19. The van der Waals surface area contributed by atoms with E-state index in [1.165, 1.54) is 37.1 Å². The van der Waals surface area contributed by atoms with Gasteiger partial charge in [0.2, 0.25) is 0 Å². The Balaban J connectivity index is 1.59. The SMILES string of the molecule is Fc1ccc(NC(=S)Nc2ccc(N3CCCCC3)cc2)c(F)c1. The largest absolute Gasteiger partial charge is 0.372 e. The van der Waals surface area contributed by atoms with Crippen molar-refractivity contribution in [1.29, 1.82) is 0 Å². The van der Waals surface area contributed by atoms with Crippen molar-refractivity contribution in [2.24, 2.45) is 0 Å². The number of rotatable bonds is 3. The van der Waals surface area contributed by atoms with Crippen LogP contribution in [0.1, 0.15) is 19.3 Å². The lowest BCUT2D eigenvalue weighted by Crippen LogP contribution is -2.29. The molecule has 1 fully saturated rings. The van der Waals surface area contributed by atoms with E-state index in [0.29, 0.717) is 0 Å². The summed E-state index contributed by atoms with van der Waals surface area (Å²) in [6.07, 6.45) is 3.77. The molecular weight excluding hydrogens is 328 g/mol. The number of piperidine rings is 1. The first-order valence-corrected chi connectivity index (χ1v) is 8.41. The van der Waals surface area contributed by atoms with E-state index in [1.54, 1.807) is 0 Å². The van der Waals surface area contributed by atoms with E-state index < -0.39 is 11.6 Å². The molecule has 0 aliphatic carbocycles. The van der Waals surface area contributed by atoms with Gasteiger partial charge < -0.3 is 15.5 Å². The van der Waals surface area contributed by atoms with Gasteiger partial charge in [0.1, 0.15) is 11.6 Å². The molecule has 0 saturated carbocycles. The highest BCUT2D eigenvalue weighted by molar-refractivity contribution is 7.80. The molecule has 2 aromatic rings. The predicted octanol–water partition coefficient (Wildman–Crippen LogP) is 4.76. The van der Waals surface area contributed by atoms with Crippen LogP contribution in [0.4, 0.5) is 25.8 Å². The van der Waals surface area contributed by atoms with Crippen LogP contribution in [0.15, 0.2) is 42.5 Å². The fraction of sp³-hybridized carbons (Fsp3) is 0.278. The summed E-state index contributed by atoms with van der Waals surface area (Å²) >= 11 is 5.18. The van der Waals surface area contributed by atoms with Crippen molar-refractivity contribution in [3.05, 3.63) is 54.1 Å². The van der Waals surface area contributed by atoms with Crippen LogP contribution in [0.25, 0.3) is 0 Å². The summed E-state index contributed by atoms with van der Waals surface area (Å²) in [4.78, 5) is 2.37. The van der Waals surface area contributed by atoms with Gasteiger partial charge in [-0.1, -0.05) is 0 Å². The van der Waals surface area contributed by atoms with Crippen molar-refractivity contribution in [2.45, 2.75) is 19.3 Å². The predicted molar refractivity (Wildman–Crippen MR) is 98.7 cm³/mol. The molecule has 1 aliphatic heterocycles. The number of nitrogens with zero attached hydrogens (tertiary/aromatic N) is 1. The zero-order valence-electron chi connectivity index (χ0n) is 13.2. The third-order valence-electron chi connectivity index (χ3n) is 4.03. The Kier molecular flexibility index (Phi) is 5.25. The summed E-state index contributed by atoms with van der Waals surface area (Å²) < 4.78 is 26.5. The van der Waals surface area contributed by atoms with Crippen LogP contribution < -0.4 is 15.5 Å². The number of anilines is 3. The number of thiocarbonyl (C=S) groups is 1. The fourth-order valence-corrected chi connectivity index (χ4v) is 3.01. The number of benzene rings is 2. The molecule has 3 rings (SSSR count). The molecule has 2 aromatic carbocycles. The minimum atomic E-state index is -0.681. The molecule has 1 heterocycles. The van der Waals surface area contributed by atoms with Gasteiger partial charge in [-0.25, -0.2) is 8.78 Å². The lowest BCUT2D eigenvalue weighted by atomic mass is 10.1. The third-order valence-corrected chi connectivity index (χ3v) is 4.23. The Morgan fingerprint density at radius 1 is 0.917 bits per heavy atom. The van der Waals surface area contributed by atoms with Crippen LogP contribution >= 0.6 is 12.2 Å². The maximum Gasteiger partial charge on any atom is 0.175 e. The van der Waals surface area contributed by atoms with Crippen LogP contribution in [0.3, 0.4) is 0 Å². The molecule has 3 nitrogen and oxygen atoms in total. The van der Waals surface area contributed by atoms with Crippen molar-refractivity contribution in [3.63, 3.8) is 0 Å². The Hall–Kier alpha value is -2.21. The first kappa shape index (κ1) is 16.6. The second-order valence-electron chi connectivity index (χ2n) is 5.80. The first-order chi connectivity index (χ1) is 11.6. The summed E-state index contributed by atoms with van der Waals surface area (Å²) in [5.74, 6) is -1.30. The molecule has 24 heavy (non-hydrogen) atoms. The van der Waals surface area contributed by atoms with Crippen LogP contribution in [-0.2, 0) is 0 Å². The molecule has 1 saturated heterocycles. The quantitative estimate of drug-likeness (QED) is 0.783. The molecule has 6 heteroatoms. The highest BCUT2D eigenvalue weighted by Gasteiger charge is 2.11. The van der Waals surface area contributed by atoms with Gasteiger partial charge in [-0.05, 0) is 67.9 Å². The molecule has 2 N–H and O–H groups in total. The average Bonchev–Trinajstić information content (AvgIpc) is 2.59. The first-order valence-electron chi connectivity index (χ1n) is 8.00. The number of halogens is 2. The lowest BCUT2D eigenvalue weighted by Gasteiger charge is -2.28. The van der Waals surface area contributed by atoms with Gasteiger partial charge in [-0.2, -0.15) is 0 Å². The van der Waals surface area contributed by atoms with E-state index in [-0.39, 0.29) is 10.8 Å². The Morgan fingerprint density at radius 2 is 1.62 bits per heavy atom. The molecule has 0 radical (unpaired) electrons. The molecule has 0 atom stereocenters. The van der Waals surface area contributed by atoms with Crippen LogP contribution in [0.5, 0.6) is 0 Å². The van der Waals surface area contributed by atoms with Gasteiger partial charge >= 0.3 is 0 Å². The van der Waals surface area contributed by atoms with Crippen LogP contribution in [0, 0.1) is 11.6 Å². The van der Waals surface area contributed by atoms with Gasteiger partial charge in [0, 0.05) is 30.5 Å². The van der Waals surface area contributed by atoms with Gasteiger partial charge in [0.25, 0.3) is 0 Å². The second-order valence-corrected chi connectivity index (χ2v) is 6.21. The summed E-state index contributed by atoms with van der Waals surface area (Å²) in [5.41, 5.74) is 2.15. The lowest BCUT2D eigenvalue weighted by molar-refractivity contribution is 0.578. The number of hydrogen-bond donors (Lipinski definition) is 2. The van der Waals surface area contributed by atoms with Gasteiger partial charge in [-0.3, -0.25) is 0 Å². The topological polar surface area (TPSA) is 27.3 Å². The Morgan fingerprint density at radius 3 is 2.29 bits per heavy atom. The van der Waals surface area contributed by atoms with E-state index in [4.69, 9.17) is 12.2 Å². The van der Waals surface area contributed by atoms with Crippen molar-refractivity contribution >= 4 is 34.4 Å². The van der Waals surface area contributed by atoms with Crippen molar-refractivity contribution in [3.8, 4) is 0 Å². The summed E-state index contributed by atoms with van der Waals surface area (Å²) in [7, 11) is 0. The summed E-state index contributed by atoms with van der Waals surface area (Å²) in [5, 5.41) is 5.99. The highest BCUT2D eigenvalue weighted by Crippen LogP contribution is 2.22. The van der Waals surface area contributed by atoms with Gasteiger partial charge in [0.05, 0.1) is 5.69 Å². The Labute approximate surface area is 145 Å². The average molecular weight is 347 g/mol. The molecule has 0 bridgehead atoms. The van der Waals surface area contributed by atoms with E-state index in [1.807, 2.05) is 12.1 Å². The molecule has 126 valence electrons. The molecule has 0 spiro atoms. The fourth-order valence-electron chi connectivity index (χ4n) is 2.78. The van der Waals surface area contributed by atoms with E-state index in [0.717, 1.165) is 24.8 Å². The smallest absolute Gasteiger partial charge is 0.175 e. The molecule has 1 aliphatic rings. The maximum absolute atomic E-state index is 13.6. The Bertz CT molecular complexity index is 713. The second kappa shape index (κ2) is 7.57. The maximum atomic E-state index is 13.6. The standard InChI is InChI=1S/C18H19F2N3S/c19-13-4-9-17(16(20)12-13)22-18(24)21-14-5-7-15(8-6-14)23-10-2-1-3-11-23/h4-9,12H,1-3,10-11H2,(H2,21,22,24). The minimum absolute atomic E-state index is 0.138. The van der Waals surface area contributed by atoms with E-state index in [2.05, 4.69) is 27.7 Å². The van der Waals surface area contributed by atoms with Crippen LogP contribution in [-0.4, -0.2) is 18.2 Å². The molecule has 0 unspecified atom stereocenters. The van der Waals surface area contributed by atoms with Crippen molar-refractivity contribution in [2.75, 3.05) is 28.6 Å². The monoisotopic (exact) mass is 347 g/mol. The molecule has 0 aromatic heterocycles. The summed E-state index contributed by atoms with van der Waals surface area (Å²) in [6, 6.07) is 11.3. The number of hydrogen-bond acceptors (Lipinski definition) is 2. The molecular formula is C18H19F2N3S. The van der Waals surface area contributed by atoms with Crippen molar-refractivity contribution < 1.29 is 8.78 Å². The number of nitrogens with one attached hydrogen (secondary N) is 2. The van der Waals surface area contributed by atoms with E-state index in [9.17, 15) is 8.78 Å². The van der Waals surface area contributed by atoms with Crippen molar-refractivity contribution in [1.82, 2.24) is 0 Å². The highest BCUT2D eigenvalue weighted by atomic mass is 32.1. The van der Waals surface area contributed by atoms with E-state index >= 15 is 0 Å². The zero-order chi connectivity index (χ0) is 16.9. The third kappa shape index (κ3) is 4.20. The van der Waals surface area contributed by atoms with Crippen LogP contribution in [0.2, 0.25) is 0 Å². The molecule has 0 amide bonds. The van der Waals surface area contributed by atoms with Gasteiger partial charge in [0.15, 0.2) is 5.11 Å². The van der Waals surface area contributed by atoms with Gasteiger partial charge in [-0.15, -0.1) is 0 Å².